The summed E-state index contributed by atoms with van der Waals surface area (Å²) in [6.45, 7) is 2.16. The van der Waals surface area contributed by atoms with Crippen molar-refractivity contribution in [3.63, 3.8) is 0 Å². The molecule has 0 aliphatic rings. The van der Waals surface area contributed by atoms with Crippen LogP contribution in [-0.2, 0) is 6.42 Å². The van der Waals surface area contributed by atoms with Crippen LogP contribution in [0, 0.1) is 17.5 Å². The summed E-state index contributed by atoms with van der Waals surface area (Å²) < 4.78 is 40.5. The molecule has 0 nitrogen and oxygen atoms in total. The predicted molar refractivity (Wildman–Crippen MR) is 114 cm³/mol. The largest absolute Gasteiger partial charge is 0.204 e. The van der Waals surface area contributed by atoms with Crippen LogP contribution in [0.25, 0.3) is 33.0 Å². The van der Waals surface area contributed by atoms with Gasteiger partial charge in [-0.05, 0) is 52.3 Å². The maximum absolute atomic E-state index is 13.6. The van der Waals surface area contributed by atoms with Crippen molar-refractivity contribution < 1.29 is 13.2 Å². The minimum absolute atomic E-state index is 0.198. The number of hydrogen-bond acceptors (Lipinski definition) is 0. The van der Waals surface area contributed by atoms with Gasteiger partial charge < -0.3 is 0 Å². The lowest BCUT2D eigenvalue weighted by Gasteiger charge is -2.11. The topological polar surface area (TPSA) is 0 Å². The molecular formula is C25H18ClF3. The fourth-order valence-corrected chi connectivity index (χ4v) is 3.90. The van der Waals surface area contributed by atoms with E-state index in [4.69, 9.17) is 11.6 Å². The molecule has 0 N–H and O–H groups in total. The van der Waals surface area contributed by atoms with E-state index in [1.165, 1.54) is 5.56 Å². The molecule has 0 atom stereocenters. The number of benzene rings is 4. The lowest BCUT2D eigenvalue weighted by molar-refractivity contribution is 0.448. The molecule has 0 saturated carbocycles. The van der Waals surface area contributed by atoms with E-state index < -0.39 is 17.5 Å². The summed E-state index contributed by atoms with van der Waals surface area (Å²) in [5.74, 6) is -3.96. The molecule has 4 heteroatoms. The average molecular weight is 411 g/mol. The summed E-state index contributed by atoms with van der Waals surface area (Å²) >= 11 is 6.54. The van der Waals surface area contributed by atoms with Crippen LogP contribution in [0.15, 0.2) is 66.7 Å². The molecule has 0 spiro atoms. The second kappa shape index (κ2) is 7.92. The number of aryl methyl sites for hydroxylation is 1. The molecule has 0 amide bonds. The van der Waals surface area contributed by atoms with E-state index in [1.807, 2.05) is 24.3 Å². The van der Waals surface area contributed by atoms with Gasteiger partial charge in [0, 0.05) is 10.9 Å². The van der Waals surface area contributed by atoms with E-state index in [0.717, 1.165) is 46.9 Å². The summed E-state index contributed by atoms with van der Waals surface area (Å²) in [7, 11) is 0. The van der Waals surface area contributed by atoms with Crippen molar-refractivity contribution in [3.8, 4) is 22.3 Å². The Kier molecular flexibility index (Phi) is 5.33. The molecule has 4 rings (SSSR count). The zero-order valence-corrected chi connectivity index (χ0v) is 16.5. The first-order valence-corrected chi connectivity index (χ1v) is 9.82. The standard InChI is InChI=1S/C25H18ClF3/c1-2-3-15-4-6-16(7-5-15)17-8-10-20-18(12-17)9-11-21(24(20)26)19-13-22(27)25(29)23(28)14-19/h4-14H,2-3H2,1H3. The van der Waals surface area contributed by atoms with Gasteiger partial charge in [0.05, 0.1) is 5.02 Å². The van der Waals surface area contributed by atoms with Crippen LogP contribution in [0.3, 0.4) is 0 Å². The summed E-state index contributed by atoms with van der Waals surface area (Å²) in [6, 6.07) is 19.8. The molecule has 0 heterocycles. The monoisotopic (exact) mass is 410 g/mol. The number of fused-ring (bicyclic) bond motifs is 1. The van der Waals surface area contributed by atoms with Gasteiger partial charge >= 0.3 is 0 Å². The first-order chi connectivity index (χ1) is 14.0. The second-order valence-corrected chi connectivity index (χ2v) is 7.44. The van der Waals surface area contributed by atoms with Crippen LogP contribution < -0.4 is 0 Å². The normalized spacial score (nSPS) is 11.2. The fraction of sp³-hybridized carbons (Fsp3) is 0.120. The number of hydrogen-bond donors (Lipinski definition) is 0. The highest BCUT2D eigenvalue weighted by Gasteiger charge is 2.15. The smallest absolute Gasteiger partial charge is 0.194 e. The van der Waals surface area contributed by atoms with E-state index in [9.17, 15) is 13.2 Å². The Morgan fingerprint density at radius 1 is 0.724 bits per heavy atom. The quantitative estimate of drug-likeness (QED) is 0.297. The Morgan fingerprint density at radius 3 is 2.03 bits per heavy atom. The Balaban J connectivity index is 1.76. The SMILES string of the molecule is CCCc1ccc(-c2ccc3c(Cl)c(-c4cc(F)c(F)c(F)c4)ccc3c2)cc1. The average Bonchev–Trinajstić information content (AvgIpc) is 2.72. The summed E-state index contributed by atoms with van der Waals surface area (Å²) in [5.41, 5.74) is 4.12. The zero-order chi connectivity index (χ0) is 20.5. The van der Waals surface area contributed by atoms with Crippen molar-refractivity contribution in [1.29, 1.82) is 0 Å². The van der Waals surface area contributed by atoms with Gasteiger partial charge in [-0.1, -0.05) is 73.5 Å². The van der Waals surface area contributed by atoms with Gasteiger partial charge in [0.1, 0.15) is 0 Å². The van der Waals surface area contributed by atoms with Crippen molar-refractivity contribution in [2.75, 3.05) is 0 Å². The van der Waals surface area contributed by atoms with Gasteiger partial charge in [-0.3, -0.25) is 0 Å². The summed E-state index contributed by atoms with van der Waals surface area (Å²) in [5, 5.41) is 2.05. The Hall–Kier alpha value is -2.78. The molecule has 4 aromatic rings. The maximum Gasteiger partial charge on any atom is 0.194 e. The molecule has 0 aromatic heterocycles. The molecule has 0 aliphatic carbocycles. The minimum Gasteiger partial charge on any atom is -0.204 e. The molecule has 0 unspecified atom stereocenters. The number of halogens is 4. The van der Waals surface area contributed by atoms with Crippen molar-refractivity contribution in [2.24, 2.45) is 0 Å². The van der Waals surface area contributed by atoms with E-state index >= 15 is 0 Å². The highest BCUT2D eigenvalue weighted by molar-refractivity contribution is 6.38. The molecule has 4 aromatic carbocycles. The van der Waals surface area contributed by atoms with Gasteiger partial charge in [-0.25, -0.2) is 13.2 Å². The Labute approximate surface area is 172 Å². The van der Waals surface area contributed by atoms with E-state index in [0.29, 0.717) is 10.6 Å². The van der Waals surface area contributed by atoms with Crippen molar-refractivity contribution >= 4 is 22.4 Å². The van der Waals surface area contributed by atoms with Gasteiger partial charge in [-0.15, -0.1) is 0 Å². The third kappa shape index (κ3) is 3.75. The van der Waals surface area contributed by atoms with Gasteiger partial charge in [0.15, 0.2) is 17.5 Å². The van der Waals surface area contributed by atoms with E-state index in [-0.39, 0.29) is 5.56 Å². The van der Waals surface area contributed by atoms with Gasteiger partial charge in [0.25, 0.3) is 0 Å². The van der Waals surface area contributed by atoms with Gasteiger partial charge in [0.2, 0.25) is 0 Å². The fourth-order valence-electron chi connectivity index (χ4n) is 3.56. The highest BCUT2D eigenvalue weighted by Crippen LogP contribution is 2.37. The predicted octanol–water partition coefficient (Wildman–Crippen LogP) is 8.20. The molecule has 146 valence electrons. The van der Waals surface area contributed by atoms with Crippen LogP contribution in [0.5, 0.6) is 0 Å². The molecule has 0 saturated heterocycles. The molecule has 0 radical (unpaired) electrons. The van der Waals surface area contributed by atoms with Crippen molar-refractivity contribution in [3.05, 3.63) is 94.8 Å². The lowest BCUT2D eigenvalue weighted by atomic mass is 9.96. The first-order valence-electron chi connectivity index (χ1n) is 9.44. The summed E-state index contributed by atoms with van der Waals surface area (Å²) in [6.07, 6.45) is 2.17. The third-order valence-electron chi connectivity index (χ3n) is 5.07. The van der Waals surface area contributed by atoms with Crippen molar-refractivity contribution in [2.45, 2.75) is 19.8 Å². The summed E-state index contributed by atoms with van der Waals surface area (Å²) in [4.78, 5) is 0. The molecular weight excluding hydrogens is 393 g/mol. The van der Waals surface area contributed by atoms with Crippen LogP contribution in [0.1, 0.15) is 18.9 Å². The Morgan fingerprint density at radius 2 is 1.38 bits per heavy atom. The second-order valence-electron chi connectivity index (χ2n) is 7.06. The lowest BCUT2D eigenvalue weighted by Crippen LogP contribution is -1.92. The van der Waals surface area contributed by atoms with E-state index in [2.05, 4.69) is 31.2 Å². The van der Waals surface area contributed by atoms with E-state index in [1.54, 1.807) is 6.07 Å². The van der Waals surface area contributed by atoms with Crippen molar-refractivity contribution in [1.82, 2.24) is 0 Å². The first kappa shape index (κ1) is 19.5. The van der Waals surface area contributed by atoms with Crippen LogP contribution in [0.2, 0.25) is 5.02 Å². The third-order valence-corrected chi connectivity index (χ3v) is 5.48. The molecule has 0 fully saturated rings. The highest BCUT2D eigenvalue weighted by atomic mass is 35.5. The number of rotatable bonds is 4. The maximum atomic E-state index is 13.6. The van der Waals surface area contributed by atoms with Crippen LogP contribution in [-0.4, -0.2) is 0 Å². The minimum atomic E-state index is -1.49. The zero-order valence-electron chi connectivity index (χ0n) is 15.8. The Bertz CT molecular complexity index is 1170. The van der Waals surface area contributed by atoms with Gasteiger partial charge in [-0.2, -0.15) is 0 Å². The molecule has 0 aliphatic heterocycles. The van der Waals surface area contributed by atoms with Crippen LogP contribution >= 0.6 is 11.6 Å². The molecule has 0 bridgehead atoms. The molecule has 29 heavy (non-hydrogen) atoms. The van der Waals surface area contributed by atoms with Crippen LogP contribution in [0.4, 0.5) is 13.2 Å².